The summed E-state index contributed by atoms with van der Waals surface area (Å²) in [5.74, 6) is 0.125. The SMILES string of the molecule is Cl.NC1CCCC(C(=O)Nc2ccc(-c3ccn[nH]3)cc2)C1. The Hall–Kier alpha value is -1.85. The first-order valence-corrected chi connectivity index (χ1v) is 7.38. The Balaban J connectivity index is 0.00000176. The van der Waals surface area contributed by atoms with E-state index in [2.05, 4.69) is 15.5 Å². The standard InChI is InChI=1S/C16H20N4O.ClH/c17-13-3-1-2-12(10-13)16(21)19-14-6-4-11(5-7-14)15-8-9-18-20-15;/h4-9,12-13H,1-3,10,17H2,(H,18,20)(H,19,21);1H. The maximum absolute atomic E-state index is 12.2. The Morgan fingerprint density at radius 2 is 2.00 bits per heavy atom. The molecule has 1 fully saturated rings. The second-order valence-electron chi connectivity index (χ2n) is 5.66. The smallest absolute Gasteiger partial charge is 0.227 e. The summed E-state index contributed by atoms with van der Waals surface area (Å²) in [6.45, 7) is 0. The minimum absolute atomic E-state index is 0. The molecule has 0 radical (unpaired) electrons. The number of rotatable bonds is 3. The van der Waals surface area contributed by atoms with Crippen LogP contribution in [-0.2, 0) is 4.79 Å². The number of anilines is 1. The summed E-state index contributed by atoms with van der Waals surface area (Å²) in [6.07, 6.45) is 5.52. The molecule has 22 heavy (non-hydrogen) atoms. The highest BCUT2D eigenvalue weighted by Gasteiger charge is 2.25. The average Bonchev–Trinajstić information content (AvgIpc) is 3.02. The number of hydrogen-bond donors (Lipinski definition) is 3. The molecule has 1 aromatic heterocycles. The van der Waals surface area contributed by atoms with Gasteiger partial charge in [-0.15, -0.1) is 12.4 Å². The first-order valence-electron chi connectivity index (χ1n) is 7.38. The van der Waals surface area contributed by atoms with Gasteiger partial charge in [-0.05, 0) is 43.0 Å². The van der Waals surface area contributed by atoms with Crippen LogP contribution in [0.15, 0.2) is 36.5 Å². The molecule has 2 aromatic rings. The zero-order valence-corrected chi connectivity index (χ0v) is 13.1. The predicted molar refractivity (Wildman–Crippen MR) is 89.8 cm³/mol. The fourth-order valence-corrected chi connectivity index (χ4v) is 2.86. The topological polar surface area (TPSA) is 83.8 Å². The van der Waals surface area contributed by atoms with E-state index in [4.69, 9.17) is 5.73 Å². The number of aromatic amines is 1. The second kappa shape index (κ2) is 7.42. The van der Waals surface area contributed by atoms with Gasteiger partial charge in [-0.2, -0.15) is 5.10 Å². The minimum Gasteiger partial charge on any atom is -0.328 e. The van der Waals surface area contributed by atoms with Gasteiger partial charge >= 0.3 is 0 Å². The van der Waals surface area contributed by atoms with E-state index < -0.39 is 0 Å². The molecular formula is C16H21ClN4O. The van der Waals surface area contributed by atoms with Gasteiger partial charge in [0.1, 0.15) is 0 Å². The van der Waals surface area contributed by atoms with E-state index >= 15 is 0 Å². The second-order valence-corrected chi connectivity index (χ2v) is 5.66. The molecule has 2 unspecified atom stereocenters. The van der Waals surface area contributed by atoms with Crippen molar-refractivity contribution >= 4 is 24.0 Å². The van der Waals surface area contributed by atoms with Crippen LogP contribution >= 0.6 is 12.4 Å². The monoisotopic (exact) mass is 320 g/mol. The third-order valence-electron chi connectivity index (χ3n) is 4.05. The lowest BCUT2D eigenvalue weighted by molar-refractivity contribution is -0.120. The Labute approximate surface area is 136 Å². The molecule has 0 saturated heterocycles. The molecule has 1 heterocycles. The number of hydrogen-bond acceptors (Lipinski definition) is 3. The Kier molecular flexibility index (Phi) is 5.57. The highest BCUT2D eigenvalue weighted by Crippen LogP contribution is 2.25. The van der Waals surface area contributed by atoms with Gasteiger partial charge in [0, 0.05) is 23.8 Å². The fourth-order valence-electron chi connectivity index (χ4n) is 2.86. The summed E-state index contributed by atoms with van der Waals surface area (Å²) in [7, 11) is 0. The summed E-state index contributed by atoms with van der Waals surface area (Å²) in [5.41, 5.74) is 8.77. The molecule has 5 nitrogen and oxygen atoms in total. The van der Waals surface area contributed by atoms with Crippen LogP contribution in [0.4, 0.5) is 5.69 Å². The van der Waals surface area contributed by atoms with Gasteiger partial charge in [0.05, 0.1) is 5.69 Å². The van der Waals surface area contributed by atoms with Gasteiger partial charge in [0.25, 0.3) is 0 Å². The van der Waals surface area contributed by atoms with E-state index in [0.29, 0.717) is 0 Å². The molecule has 118 valence electrons. The molecule has 0 aliphatic heterocycles. The van der Waals surface area contributed by atoms with Crippen LogP contribution in [0.1, 0.15) is 25.7 Å². The van der Waals surface area contributed by atoms with Crippen molar-refractivity contribution in [3.05, 3.63) is 36.5 Å². The maximum atomic E-state index is 12.2. The predicted octanol–water partition coefficient (Wildman–Crippen LogP) is 2.95. The zero-order chi connectivity index (χ0) is 14.7. The quantitative estimate of drug-likeness (QED) is 0.813. The van der Waals surface area contributed by atoms with Crippen LogP contribution in [0.5, 0.6) is 0 Å². The first kappa shape index (κ1) is 16.5. The number of H-pyrrole nitrogens is 1. The van der Waals surface area contributed by atoms with Gasteiger partial charge in [0.2, 0.25) is 5.91 Å². The first-order chi connectivity index (χ1) is 10.2. The van der Waals surface area contributed by atoms with Crippen molar-refractivity contribution in [1.82, 2.24) is 10.2 Å². The highest BCUT2D eigenvalue weighted by molar-refractivity contribution is 5.92. The number of aromatic nitrogens is 2. The van der Waals surface area contributed by atoms with Gasteiger partial charge in [-0.1, -0.05) is 18.6 Å². The molecule has 3 rings (SSSR count). The number of nitrogens with one attached hydrogen (secondary N) is 2. The summed E-state index contributed by atoms with van der Waals surface area (Å²) in [5, 5.41) is 9.83. The van der Waals surface area contributed by atoms with Crippen LogP contribution in [0.2, 0.25) is 0 Å². The summed E-state index contributed by atoms with van der Waals surface area (Å²) >= 11 is 0. The lowest BCUT2D eigenvalue weighted by atomic mass is 9.85. The molecule has 6 heteroatoms. The molecule has 1 saturated carbocycles. The number of halogens is 1. The third-order valence-corrected chi connectivity index (χ3v) is 4.05. The lowest BCUT2D eigenvalue weighted by Crippen LogP contribution is -2.34. The lowest BCUT2D eigenvalue weighted by Gasteiger charge is -2.25. The number of benzene rings is 1. The van der Waals surface area contributed by atoms with Crippen molar-refractivity contribution in [2.24, 2.45) is 11.7 Å². The van der Waals surface area contributed by atoms with Gasteiger partial charge in [-0.25, -0.2) is 0 Å². The molecule has 4 N–H and O–H groups in total. The largest absolute Gasteiger partial charge is 0.328 e. The van der Waals surface area contributed by atoms with Crippen molar-refractivity contribution < 1.29 is 4.79 Å². The van der Waals surface area contributed by atoms with E-state index in [9.17, 15) is 4.79 Å². The Morgan fingerprint density at radius 3 is 2.64 bits per heavy atom. The van der Waals surface area contributed by atoms with E-state index in [0.717, 1.165) is 42.6 Å². The molecule has 1 aromatic carbocycles. The van der Waals surface area contributed by atoms with E-state index in [1.165, 1.54) is 0 Å². The normalized spacial score (nSPS) is 21.0. The molecule has 1 amide bonds. The molecule has 1 aliphatic rings. The van der Waals surface area contributed by atoms with Crippen LogP contribution in [0.25, 0.3) is 11.3 Å². The highest BCUT2D eigenvalue weighted by atomic mass is 35.5. The third kappa shape index (κ3) is 3.87. The molecule has 2 atom stereocenters. The maximum Gasteiger partial charge on any atom is 0.227 e. The molecular weight excluding hydrogens is 300 g/mol. The number of carbonyl (C=O) groups excluding carboxylic acids is 1. The van der Waals surface area contributed by atoms with Gasteiger partial charge < -0.3 is 11.1 Å². The molecule has 0 bridgehead atoms. The zero-order valence-electron chi connectivity index (χ0n) is 12.3. The summed E-state index contributed by atoms with van der Waals surface area (Å²) < 4.78 is 0. The van der Waals surface area contributed by atoms with Crippen molar-refractivity contribution in [3.8, 4) is 11.3 Å². The van der Waals surface area contributed by atoms with E-state index in [1.807, 2.05) is 30.3 Å². The van der Waals surface area contributed by atoms with Crippen LogP contribution in [-0.4, -0.2) is 22.1 Å². The minimum atomic E-state index is 0. The summed E-state index contributed by atoms with van der Waals surface area (Å²) in [6, 6.07) is 9.84. The van der Waals surface area contributed by atoms with Crippen LogP contribution < -0.4 is 11.1 Å². The van der Waals surface area contributed by atoms with Gasteiger partial charge in [0.15, 0.2) is 0 Å². The summed E-state index contributed by atoms with van der Waals surface area (Å²) in [4.78, 5) is 12.2. The van der Waals surface area contributed by atoms with Crippen molar-refractivity contribution in [1.29, 1.82) is 0 Å². The van der Waals surface area contributed by atoms with Crippen molar-refractivity contribution in [3.63, 3.8) is 0 Å². The average molecular weight is 321 g/mol. The van der Waals surface area contributed by atoms with Crippen molar-refractivity contribution in [2.45, 2.75) is 31.7 Å². The van der Waals surface area contributed by atoms with Crippen molar-refractivity contribution in [2.75, 3.05) is 5.32 Å². The van der Waals surface area contributed by atoms with Crippen LogP contribution in [0, 0.1) is 5.92 Å². The Bertz CT molecular complexity index is 597. The van der Waals surface area contributed by atoms with E-state index in [1.54, 1.807) is 6.20 Å². The number of nitrogens with zero attached hydrogens (tertiary/aromatic N) is 1. The molecule has 1 aliphatic carbocycles. The number of carbonyl (C=O) groups is 1. The number of nitrogens with two attached hydrogens (primary N) is 1. The van der Waals surface area contributed by atoms with E-state index in [-0.39, 0.29) is 30.3 Å². The fraction of sp³-hybridized carbons (Fsp3) is 0.375. The number of amides is 1. The molecule has 0 spiro atoms. The Morgan fingerprint density at radius 1 is 1.23 bits per heavy atom. The van der Waals surface area contributed by atoms with Crippen LogP contribution in [0.3, 0.4) is 0 Å². The van der Waals surface area contributed by atoms with Gasteiger partial charge in [-0.3, -0.25) is 9.89 Å².